The van der Waals surface area contributed by atoms with E-state index in [4.69, 9.17) is 16.3 Å². The summed E-state index contributed by atoms with van der Waals surface area (Å²) in [5.41, 5.74) is 1.69. The summed E-state index contributed by atoms with van der Waals surface area (Å²) in [6.45, 7) is 6.86. The fourth-order valence-corrected chi connectivity index (χ4v) is 8.56. The van der Waals surface area contributed by atoms with Crippen LogP contribution < -0.4 is 10.6 Å². The van der Waals surface area contributed by atoms with Crippen molar-refractivity contribution in [2.45, 2.75) is 82.2 Å². The van der Waals surface area contributed by atoms with Crippen LogP contribution in [0.1, 0.15) is 62.6 Å². The van der Waals surface area contributed by atoms with Crippen LogP contribution in [0.4, 0.5) is 9.18 Å². The Kier molecular flexibility index (Phi) is 10.7. The fourth-order valence-electron chi connectivity index (χ4n) is 6.11. The van der Waals surface area contributed by atoms with Crippen LogP contribution in [0.2, 0.25) is 5.02 Å². The number of alkyl carbamates (subject to hydrolysis) is 1. The maximum atomic E-state index is 15.3. The summed E-state index contributed by atoms with van der Waals surface area (Å²) >= 11 is 6.26. The Morgan fingerprint density at radius 3 is 2.52 bits per heavy atom. The van der Waals surface area contributed by atoms with E-state index in [0.29, 0.717) is 48.5 Å². The van der Waals surface area contributed by atoms with Gasteiger partial charge in [0, 0.05) is 42.5 Å². The molecule has 2 aromatic carbocycles. The number of carbonyl (C=O) groups is 2. The highest BCUT2D eigenvalue weighted by Crippen LogP contribution is 2.35. The second-order valence-electron chi connectivity index (χ2n) is 11.7. The van der Waals surface area contributed by atoms with Gasteiger partial charge in [0.1, 0.15) is 5.82 Å². The molecule has 1 saturated heterocycles. The normalized spacial score (nSPS) is 21.1. The average molecular weight is 622 g/mol. The molecular formula is C31H41ClFN3O5S. The van der Waals surface area contributed by atoms with Crippen molar-refractivity contribution in [2.75, 3.05) is 20.2 Å². The third-order valence-electron chi connectivity index (χ3n) is 8.28. The third kappa shape index (κ3) is 7.51. The molecule has 2 aliphatic rings. The number of amides is 1. The Morgan fingerprint density at radius 2 is 1.88 bits per heavy atom. The lowest BCUT2D eigenvalue weighted by molar-refractivity contribution is -0.121. The van der Waals surface area contributed by atoms with Gasteiger partial charge in [-0.3, -0.25) is 4.79 Å². The van der Waals surface area contributed by atoms with Crippen LogP contribution in [0.5, 0.6) is 0 Å². The molecule has 0 unspecified atom stereocenters. The molecule has 230 valence electrons. The second kappa shape index (κ2) is 13.8. The number of piperazine rings is 1. The molecule has 4 atom stereocenters. The first-order valence-electron chi connectivity index (χ1n) is 14.6. The van der Waals surface area contributed by atoms with E-state index in [1.807, 2.05) is 26.8 Å². The number of carbonyl (C=O) groups excluding carboxylic acids is 2. The molecule has 0 bridgehead atoms. The molecule has 0 aromatic heterocycles. The van der Waals surface area contributed by atoms with Gasteiger partial charge in [-0.2, -0.15) is 4.31 Å². The molecule has 1 aliphatic carbocycles. The minimum atomic E-state index is -3.42. The van der Waals surface area contributed by atoms with Crippen LogP contribution in [0.15, 0.2) is 42.5 Å². The number of hydrogen-bond donors (Lipinski definition) is 2. The third-order valence-corrected chi connectivity index (χ3v) is 11.1. The second-order valence-corrected chi connectivity index (χ2v) is 14.3. The lowest BCUT2D eigenvalue weighted by Crippen LogP contribution is -2.59. The molecule has 42 heavy (non-hydrogen) atoms. The van der Waals surface area contributed by atoms with Crippen molar-refractivity contribution in [1.29, 1.82) is 0 Å². The largest absolute Gasteiger partial charge is 0.453 e. The van der Waals surface area contributed by atoms with E-state index < -0.39 is 33.9 Å². The number of nitrogens with zero attached hydrogens (tertiary/aromatic N) is 1. The van der Waals surface area contributed by atoms with E-state index in [-0.39, 0.29) is 41.9 Å². The van der Waals surface area contributed by atoms with Gasteiger partial charge in [-0.25, -0.2) is 17.6 Å². The monoisotopic (exact) mass is 621 g/mol. The molecule has 2 fully saturated rings. The molecule has 0 radical (unpaired) electrons. The highest BCUT2D eigenvalue weighted by Gasteiger charge is 2.45. The molecule has 11 heteroatoms. The fraction of sp³-hybridized carbons (Fsp3) is 0.548. The number of benzene rings is 2. The van der Waals surface area contributed by atoms with Gasteiger partial charge in [-0.1, -0.05) is 49.7 Å². The van der Waals surface area contributed by atoms with Gasteiger partial charge < -0.3 is 15.4 Å². The molecule has 2 aromatic rings. The first-order chi connectivity index (χ1) is 19.9. The Labute approximate surface area is 253 Å². The lowest BCUT2D eigenvalue weighted by atomic mass is 9.79. The number of nitrogens with one attached hydrogen (secondary N) is 2. The van der Waals surface area contributed by atoms with E-state index in [1.54, 1.807) is 34.6 Å². The van der Waals surface area contributed by atoms with Crippen molar-refractivity contribution >= 4 is 33.5 Å². The van der Waals surface area contributed by atoms with Gasteiger partial charge in [0.2, 0.25) is 10.0 Å². The summed E-state index contributed by atoms with van der Waals surface area (Å²) in [6.07, 6.45) is 1.18. The van der Waals surface area contributed by atoms with Gasteiger partial charge in [-0.05, 0) is 73.4 Å². The minimum Gasteiger partial charge on any atom is -0.453 e. The first kappa shape index (κ1) is 32.4. The zero-order chi connectivity index (χ0) is 30.6. The maximum absolute atomic E-state index is 15.3. The SMILES string of the molecule is COC(=O)N[C@H](C(=O)Cc1cccc(F)c1CC[C@H]1CNC[C@H](C)N1S(=O)(=O)C1CC1)[C@@H](c1cccc(Cl)c1)C(C)C. The maximum Gasteiger partial charge on any atom is 0.407 e. The number of hydrogen-bond acceptors (Lipinski definition) is 6. The van der Waals surface area contributed by atoms with Crippen LogP contribution in [0.3, 0.4) is 0 Å². The predicted octanol–water partition coefficient (Wildman–Crippen LogP) is 4.84. The Balaban J connectivity index is 1.59. The van der Waals surface area contributed by atoms with Gasteiger partial charge >= 0.3 is 6.09 Å². The van der Waals surface area contributed by atoms with E-state index in [0.717, 1.165) is 5.56 Å². The molecule has 8 nitrogen and oxygen atoms in total. The van der Waals surface area contributed by atoms with E-state index in [1.165, 1.54) is 13.2 Å². The first-order valence-corrected chi connectivity index (χ1v) is 16.4. The molecule has 4 rings (SSSR count). The summed E-state index contributed by atoms with van der Waals surface area (Å²) in [7, 11) is -2.18. The van der Waals surface area contributed by atoms with Crippen LogP contribution in [0, 0.1) is 11.7 Å². The zero-order valence-electron chi connectivity index (χ0n) is 24.6. The van der Waals surface area contributed by atoms with Gasteiger partial charge in [0.25, 0.3) is 0 Å². The molecule has 0 spiro atoms. The van der Waals surface area contributed by atoms with Crippen LogP contribution in [-0.4, -0.2) is 68.2 Å². The van der Waals surface area contributed by atoms with E-state index in [9.17, 15) is 18.0 Å². The van der Waals surface area contributed by atoms with Gasteiger partial charge in [0.05, 0.1) is 18.4 Å². The number of methoxy groups -OCH3 is 1. The molecular weight excluding hydrogens is 581 g/mol. The molecule has 1 aliphatic heterocycles. The smallest absolute Gasteiger partial charge is 0.407 e. The zero-order valence-corrected chi connectivity index (χ0v) is 26.2. The number of rotatable bonds is 12. The minimum absolute atomic E-state index is 0.0539. The Bertz CT molecular complexity index is 1380. The number of halogens is 2. The predicted molar refractivity (Wildman–Crippen MR) is 162 cm³/mol. The number of sulfonamides is 1. The molecule has 1 saturated carbocycles. The van der Waals surface area contributed by atoms with Crippen LogP contribution in [0.25, 0.3) is 0 Å². The molecule has 1 amide bonds. The van der Waals surface area contributed by atoms with Crippen molar-refractivity contribution in [2.24, 2.45) is 5.92 Å². The lowest BCUT2D eigenvalue weighted by Gasteiger charge is -2.40. The number of ether oxygens (including phenoxy) is 1. The molecule has 1 heterocycles. The highest BCUT2D eigenvalue weighted by molar-refractivity contribution is 7.90. The average Bonchev–Trinajstić information content (AvgIpc) is 3.78. The summed E-state index contributed by atoms with van der Waals surface area (Å²) in [4.78, 5) is 26.3. The summed E-state index contributed by atoms with van der Waals surface area (Å²) in [5.74, 6) is -1.21. The standard InChI is InChI=1S/C31H41ClFN3O5S/c1-19(2)29(22-8-5-9-23(32)15-22)30(35-31(38)41-4)28(37)16-21-7-6-10-27(33)26(21)14-11-24-18-34-17-20(3)36(24)42(39,40)25-12-13-25/h5-10,15,19-20,24-25,29-30,34H,11-14,16-18H2,1-4H3,(H,35,38)/t20-,24-,29+,30+/m0/s1. The summed E-state index contributed by atoms with van der Waals surface area (Å²) in [6, 6.07) is 10.4. The highest BCUT2D eigenvalue weighted by atomic mass is 35.5. The quantitative estimate of drug-likeness (QED) is 0.351. The van der Waals surface area contributed by atoms with Crippen molar-refractivity contribution in [3.63, 3.8) is 0 Å². The van der Waals surface area contributed by atoms with Crippen LogP contribution in [-0.2, 0) is 32.4 Å². The van der Waals surface area contributed by atoms with Crippen molar-refractivity contribution in [3.05, 3.63) is 70.0 Å². The van der Waals surface area contributed by atoms with Crippen LogP contribution >= 0.6 is 11.6 Å². The van der Waals surface area contributed by atoms with Crippen molar-refractivity contribution in [1.82, 2.24) is 14.9 Å². The number of ketones is 1. The summed E-state index contributed by atoms with van der Waals surface area (Å²) < 4.78 is 48.2. The van der Waals surface area contributed by atoms with Crippen molar-refractivity contribution < 1.29 is 27.1 Å². The van der Waals surface area contributed by atoms with Gasteiger partial charge in [-0.15, -0.1) is 0 Å². The van der Waals surface area contributed by atoms with Gasteiger partial charge in [0.15, 0.2) is 5.78 Å². The Morgan fingerprint density at radius 1 is 1.17 bits per heavy atom. The Hall–Kier alpha value is -2.53. The molecule has 2 N–H and O–H groups in total. The number of Topliss-reactive ketones (excluding diaryl/α,β-unsaturated/α-hetero) is 1. The topological polar surface area (TPSA) is 105 Å². The van der Waals surface area contributed by atoms with Crippen molar-refractivity contribution in [3.8, 4) is 0 Å². The van der Waals surface area contributed by atoms with E-state index in [2.05, 4.69) is 10.6 Å². The van der Waals surface area contributed by atoms with E-state index >= 15 is 4.39 Å². The summed E-state index contributed by atoms with van der Waals surface area (Å²) in [5, 5.41) is 6.22.